The fraction of sp³-hybridized carbons (Fsp3) is 0.579. The van der Waals surface area contributed by atoms with Crippen molar-refractivity contribution in [1.29, 1.82) is 0 Å². The van der Waals surface area contributed by atoms with Crippen molar-refractivity contribution in [1.82, 2.24) is 9.80 Å². The molecule has 28 heavy (non-hydrogen) atoms. The van der Waals surface area contributed by atoms with Crippen LogP contribution in [0.5, 0.6) is 0 Å². The molecule has 2 rings (SSSR count). The minimum atomic E-state index is -3.43. The number of sulfonamides is 1. The monoisotopic (exact) mass is 411 g/mol. The van der Waals surface area contributed by atoms with Gasteiger partial charge in [-0.3, -0.25) is 9.10 Å². The highest BCUT2D eigenvalue weighted by molar-refractivity contribution is 7.92. The maximum atomic E-state index is 12.4. The number of benzene rings is 1. The molecule has 1 aromatic rings. The molecule has 9 heteroatoms. The van der Waals surface area contributed by atoms with Gasteiger partial charge in [0.2, 0.25) is 15.9 Å². The van der Waals surface area contributed by atoms with E-state index in [2.05, 4.69) is 0 Å². The number of ether oxygens (including phenoxy) is 1. The van der Waals surface area contributed by atoms with E-state index in [-0.39, 0.29) is 25.0 Å². The van der Waals surface area contributed by atoms with Crippen LogP contribution in [0.3, 0.4) is 0 Å². The third kappa shape index (κ3) is 6.12. The first-order valence-electron chi connectivity index (χ1n) is 9.46. The molecule has 0 saturated carbocycles. The summed E-state index contributed by atoms with van der Waals surface area (Å²) in [5.41, 5.74) is 1.58. The molecule has 8 nitrogen and oxygen atoms in total. The van der Waals surface area contributed by atoms with Gasteiger partial charge < -0.3 is 14.5 Å². The van der Waals surface area contributed by atoms with Crippen molar-refractivity contribution in [3.05, 3.63) is 29.8 Å². The zero-order valence-electron chi connectivity index (χ0n) is 16.8. The molecule has 1 fully saturated rings. The van der Waals surface area contributed by atoms with Gasteiger partial charge >= 0.3 is 6.09 Å². The lowest BCUT2D eigenvalue weighted by molar-refractivity contribution is -0.132. The summed E-state index contributed by atoms with van der Waals surface area (Å²) >= 11 is 0. The summed E-state index contributed by atoms with van der Waals surface area (Å²) < 4.78 is 30.6. The first kappa shape index (κ1) is 22.0. The van der Waals surface area contributed by atoms with Crippen LogP contribution in [0.4, 0.5) is 10.5 Å². The van der Waals surface area contributed by atoms with E-state index in [1.54, 1.807) is 22.8 Å². The van der Waals surface area contributed by atoms with E-state index >= 15 is 0 Å². The fourth-order valence-electron chi connectivity index (χ4n) is 3.15. The maximum Gasteiger partial charge on any atom is 0.409 e. The van der Waals surface area contributed by atoms with Crippen molar-refractivity contribution in [2.45, 2.75) is 26.7 Å². The highest BCUT2D eigenvalue weighted by Gasteiger charge is 2.25. The average Bonchev–Trinajstić information content (AvgIpc) is 2.64. The minimum Gasteiger partial charge on any atom is -0.450 e. The van der Waals surface area contributed by atoms with Crippen LogP contribution in [0.1, 0.15) is 25.3 Å². The lowest BCUT2D eigenvalue weighted by Crippen LogP contribution is -2.50. The zero-order valence-corrected chi connectivity index (χ0v) is 17.6. The molecule has 0 bridgehead atoms. The van der Waals surface area contributed by atoms with E-state index in [1.165, 1.54) is 10.6 Å². The molecule has 156 valence electrons. The molecule has 0 atom stereocenters. The Morgan fingerprint density at radius 1 is 1.14 bits per heavy atom. The Morgan fingerprint density at radius 2 is 1.79 bits per heavy atom. The number of aryl methyl sites for hydroxylation is 1. The topological polar surface area (TPSA) is 87.2 Å². The Morgan fingerprint density at radius 3 is 2.36 bits per heavy atom. The van der Waals surface area contributed by atoms with Crippen molar-refractivity contribution in [2.75, 3.05) is 49.9 Å². The summed E-state index contributed by atoms with van der Waals surface area (Å²) in [6.07, 6.45) is 1.51. The molecule has 0 aliphatic carbocycles. The Hall–Kier alpha value is -2.29. The first-order chi connectivity index (χ1) is 13.2. The number of rotatable bonds is 7. The summed E-state index contributed by atoms with van der Waals surface area (Å²) in [7, 11) is -3.43. The van der Waals surface area contributed by atoms with Crippen molar-refractivity contribution >= 4 is 27.7 Å². The third-order valence-corrected chi connectivity index (χ3v) is 5.79. The van der Waals surface area contributed by atoms with Crippen LogP contribution in [-0.2, 0) is 19.6 Å². The molecule has 1 heterocycles. The zero-order chi connectivity index (χ0) is 20.7. The highest BCUT2D eigenvalue weighted by Crippen LogP contribution is 2.20. The van der Waals surface area contributed by atoms with E-state index < -0.39 is 10.0 Å². The Balaban J connectivity index is 1.86. The van der Waals surface area contributed by atoms with E-state index in [4.69, 9.17) is 4.74 Å². The smallest absolute Gasteiger partial charge is 0.409 e. The average molecular weight is 412 g/mol. The summed E-state index contributed by atoms with van der Waals surface area (Å²) in [5, 5.41) is 0. The molecule has 0 unspecified atom stereocenters. The van der Waals surface area contributed by atoms with Gasteiger partial charge in [-0.05, 0) is 38.0 Å². The molecule has 1 aliphatic heterocycles. The number of amides is 2. The molecule has 1 aromatic carbocycles. The van der Waals surface area contributed by atoms with Crippen LogP contribution in [0.2, 0.25) is 0 Å². The predicted octanol–water partition coefficient (Wildman–Crippen LogP) is 1.84. The van der Waals surface area contributed by atoms with Crippen LogP contribution >= 0.6 is 0 Å². The summed E-state index contributed by atoms with van der Waals surface area (Å²) in [6.45, 7) is 6.06. The van der Waals surface area contributed by atoms with E-state index in [0.29, 0.717) is 44.9 Å². The largest absolute Gasteiger partial charge is 0.450 e. The molecule has 1 aliphatic rings. The van der Waals surface area contributed by atoms with Gasteiger partial charge in [0.1, 0.15) is 0 Å². The van der Waals surface area contributed by atoms with Gasteiger partial charge in [-0.25, -0.2) is 13.2 Å². The number of hydrogen-bond donors (Lipinski definition) is 0. The van der Waals surface area contributed by atoms with Crippen LogP contribution in [0.25, 0.3) is 0 Å². The van der Waals surface area contributed by atoms with Crippen LogP contribution < -0.4 is 4.31 Å². The molecule has 1 saturated heterocycles. The van der Waals surface area contributed by atoms with Gasteiger partial charge in [0.25, 0.3) is 0 Å². The quantitative estimate of drug-likeness (QED) is 0.683. The lowest BCUT2D eigenvalue weighted by Gasteiger charge is -2.34. The second kappa shape index (κ2) is 9.77. The number of anilines is 1. The van der Waals surface area contributed by atoms with E-state index in [1.807, 2.05) is 25.1 Å². The number of piperazine rings is 1. The molecule has 0 spiro atoms. The number of carbonyl (C=O) groups is 2. The van der Waals surface area contributed by atoms with Gasteiger partial charge in [-0.2, -0.15) is 0 Å². The van der Waals surface area contributed by atoms with Gasteiger partial charge in [0, 0.05) is 39.1 Å². The Kier molecular flexibility index (Phi) is 7.68. The van der Waals surface area contributed by atoms with Crippen molar-refractivity contribution in [3.8, 4) is 0 Å². The maximum absolute atomic E-state index is 12.4. The number of carbonyl (C=O) groups excluding carboxylic acids is 2. The molecule has 0 radical (unpaired) electrons. The fourth-order valence-corrected chi connectivity index (χ4v) is 4.11. The van der Waals surface area contributed by atoms with Crippen LogP contribution in [-0.4, -0.2) is 75.8 Å². The predicted molar refractivity (Wildman–Crippen MR) is 108 cm³/mol. The van der Waals surface area contributed by atoms with Crippen molar-refractivity contribution < 1.29 is 22.7 Å². The summed E-state index contributed by atoms with van der Waals surface area (Å²) in [6, 6.07) is 7.29. The lowest BCUT2D eigenvalue weighted by atomic mass is 10.2. The standard InChI is InChI=1S/C19H29N3O5S/c1-4-27-19(24)21-13-11-20(12-14-21)18(23)9-6-10-22(28(3,25)26)17-8-5-7-16(2)15-17/h5,7-8,15H,4,6,9-14H2,1-3H3. The Bertz CT molecular complexity index is 789. The molecule has 0 N–H and O–H groups in total. The molecular formula is C19H29N3O5S. The summed E-state index contributed by atoms with van der Waals surface area (Å²) in [4.78, 5) is 27.5. The van der Waals surface area contributed by atoms with E-state index in [0.717, 1.165) is 5.56 Å². The minimum absolute atomic E-state index is 0.0267. The Labute approximate surface area is 167 Å². The van der Waals surface area contributed by atoms with E-state index in [9.17, 15) is 18.0 Å². The highest BCUT2D eigenvalue weighted by atomic mass is 32.2. The van der Waals surface area contributed by atoms with Crippen LogP contribution in [0, 0.1) is 6.92 Å². The summed E-state index contributed by atoms with van der Waals surface area (Å²) in [5.74, 6) is -0.0267. The normalized spacial score (nSPS) is 14.7. The SMILES string of the molecule is CCOC(=O)N1CCN(C(=O)CCCN(c2cccc(C)c2)S(C)(=O)=O)CC1. The first-order valence-corrected chi connectivity index (χ1v) is 11.3. The van der Waals surface area contributed by atoms with Crippen molar-refractivity contribution in [3.63, 3.8) is 0 Å². The van der Waals surface area contributed by atoms with Gasteiger partial charge in [-0.1, -0.05) is 12.1 Å². The van der Waals surface area contributed by atoms with Gasteiger partial charge in [0.15, 0.2) is 0 Å². The second-order valence-corrected chi connectivity index (χ2v) is 8.75. The number of hydrogen-bond acceptors (Lipinski definition) is 5. The second-order valence-electron chi connectivity index (χ2n) is 6.84. The van der Waals surface area contributed by atoms with Crippen molar-refractivity contribution in [2.24, 2.45) is 0 Å². The van der Waals surface area contributed by atoms with Crippen LogP contribution in [0.15, 0.2) is 24.3 Å². The molecular weight excluding hydrogens is 382 g/mol. The molecule has 0 aromatic heterocycles. The number of nitrogens with zero attached hydrogens (tertiary/aromatic N) is 3. The third-order valence-electron chi connectivity index (χ3n) is 4.60. The molecule has 2 amide bonds. The van der Waals surface area contributed by atoms with Gasteiger partial charge in [0.05, 0.1) is 18.6 Å². The van der Waals surface area contributed by atoms with Gasteiger partial charge in [-0.15, -0.1) is 0 Å².